The first-order valence-corrected chi connectivity index (χ1v) is 5.92. The van der Waals surface area contributed by atoms with E-state index in [1.165, 1.54) is 0 Å². The van der Waals surface area contributed by atoms with Gasteiger partial charge in [-0.2, -0.15) is 0 Å². The summed E-state index contributed by atoms with van der Waals surface area (Å²) in [5.41, 5.74) is 1.11. The summed E-state index contributed by atoms with van der Waals surface area (Å²) in [6.45, 7) is 2.90. The van der Waals surface area contributed by atoms with Gasteiger partial charge in [-0.15, -0.1) is 0 Å². The summed E-state index contributed by atoms with van der Waals surface area (Å²) in [5, 5.41) is 11.8. The van der Waals surface area contributed by atoms with E-state index in [1.54, 1.807) is 0 Å². The molecule has 92 valence electrons. The fourth-order valence-corrected chi connectivity index (χ4v) is 1.98. The van der Waals surface area contributed by atoms with Crippen LogP contribution in [0.15, 0.2) is 30.3 Å². The quantitative estimate of drug-likeness (QED) is 0.766. The van der Waals surface area contributed by atoms with Crippen molar-refractivity contribution < 1.29 is 9.90 Å². The van der Waals surface area contributed by atoms with Gasteiger partial charge in [0, 0.05) is 32.2 Å². The first kappa shape index (κ1) is 12.1. The zero-order chi connectivity index (χ0) is 12.1. The zero-order valence-electron chi connectivity index (χ0n) is 9.80. The molecule has 0 aliphatic carbocycles. The molecule has 2 N–H and O–H groups in total. The van der Waals surface area contributed by atoms with Crippen LogP contribution in [0.4, 0.5) is 0 Å². The van der Waals surface area contributed by atoms with Gasteiger partial charge >= 0.3 is 0 Å². The van der Waals surface area contributed by atoms with Crippen LogP contribution in [-0.4, -0.2) is 42.2 Å². The summed E-state index contributed by atoms with van der Waals surface area (Å²) in [6, 6.07) is 9.86. The van der Waals surface area contributed by atoms with Crippen molar-refractivity contribution in [3.8, 4) is 0 Å². The van der Waals surface area contributed by atoms with Crippen molar-refractivity contribution >= 4 is 5.91 Å². The summed E-state index contributed by atoms with van der Waals surface area (Å²) >= 11 is 0. The number of likely N-dealkylation sites (tertiary alicyclic amines) is 1. The van der Waals surface area contributed by atoms with Crippen LogP contribution in [-0.2, 0) is 11.3 Å². The normalized spacial score (nSPS) is 16.5. The van der Waals surface area contributed by atoms with E-state index in [0.29, 0.717) is 19.0 Å². The second-order valence-corrected chi connectivity index (χ2v) is 4.51. The average molecular weight is 234 g/mol. The van der Waals surface area contributed by atoms with Crippen molar-refractivity contribution in [2.45, 2.75) is 6.54 Å². The Hall–Kier alpha value is -1.39. The fraction of sp³-hybridized carbons (Fsp3) is 0.462. The van der Waals surface area contributed by atoms with Crippen molar-refractivity contribution in [3.63, 3.8) is 0 Å². The first-order valence-electron chi connectivity index (χ1n) is 5.92. The summed E-state index contributed by atoms with van der Waals surface area (Å²) in [7, 11) is 0. The molecule has 0 spiro atoms. The number of hydrogen-bond acceptors (Lipinski definition) is 3. The lowest BCUT2D eigenvalue weighted by molar-refractivity contribution is -0.124. The summed E-state index contributed by atoms with van der Waals surface area (Å²) < 4.78 is 0. The van der Waals surface area contributed by atoms with Gasteiger partial charge in [-0.3, -0.25) is 9.69 Å². The molecule has 1 aliphatic heterocycles. The maximum atomic E-state index is 11.6. The Morgan fingerprint density at radius 1 is 1.35 bits per heavy atom. The van der Waals surface area contributed by atoms with Crippen molar-refractivity contribution in [2.24, 2.45) is 5.92 Å². The fourth-order valence-electron chi connectivity index (χ4n) is 1.98. The molecular weight excluding hydrogens is 216 g/mol. The van der Waals surface area contributed by atoms with Gasteiger partial charge in [-0.1, -0.05) is 30.3 Å². The summed E-state index contributed by atoms with van der Waals surface area (Å²) in [4.78, 5) is 13.6. The van der Waals surface area contributed by atoms with Gasteiger partial charge in [0.05, 0.1) is 6.54 Å². The number of carbonyl (C=O) groups is 1. The molecule has 1 aromatic rings. The SMILES string of the molecule is O=C(CN1CC(CO)C1)NCc1ccccc1. The lowest BCUT2D eigenvalue weighted by Crippen LogP contribution is -2.51. The number of nitrogens with zero attached hydrogens (tertiary/aromatic N) is 1. The van der Waals surface area contributed by atoms with Crippen LogP contribution in [0, 0.1) is 5.92 Å². The number of benzene rings is 1. The molecule has 2 rings (SSSR count). The van der Waals surface area contributed by atoms with Crippen molar-refractivity contribution in [3.05, 3.63) is 35.9 Å². The third kappa shape index (κ3) is 3.54. The van der Waals surface area contributed by atoms with Crippen LogP contribution < -0.4 is 5.32 Å². The first-order chi connectivity index (χ1) is 8.28. The molecule has 4 nitrogen and oxygen atoms in total. The third-order valence-electron chi connectivity index (χ3n) is 2.99. The van der Waals surface area contributed by atoms with Gasteiger partial charge in [-0.25, -0.2) is 0 Å². The highest BCUT2D eigenvalue weighted by Crippen LogP contribution is 2.13. The molecule has 1 aliphatic rings. The van der Waals surface area contributed by atoms with Crippen LogP contribution in [0.3, 0.4) is 0 Å². The van der Waals surface area contributed by atoms with E-state index >= 15 is 0 Å². The van der Waals surface area contributed by atoms with E-state index in [-0.39, 0.29) is 12.5 Å². The average Bonchev–Trinajstić information content (AvgIpc) is 2.32. The monoisotopic (exact) mass is 234 g/mol. The van der Waals surface area contributed by atoms with Crippen LogP contribution in [0.25, 0.3) is 0 Å². The number of rotatable bonds is 5. The third-order valence-corrected chi connectivity index (χ3v) is 2.99. The Kier molecular flexibility index (Phi) is 4.12. The molecule has 0 saturated carbocycles. The van der Waals surface area contributed by atoms with Gasteiger partial charge in [0.25, 0.3) is 0 Å². The van der Waals surface area contributed by atoms with Gasteiger partial charge in [-0.05, 0) is 5.56 Å². The van der Waals surface area contributed by atoms with E-state index < -0.39 is 0 Å². The molecule has 1 heterocycles. The smallest absolute Gasteiger partial charge is 0.234 e. The van der Waals surface area contributed by atoms with E-state index in [2.05, 4.69) is 5.32 Å². The predicted molar refractivity (Wildman–Crippen MR) is 65.3 cm³/mol. The minimum atomic E-state index is 0.0465. The van der Waals surface area contributed by atoms with E-state index in [0.717, 1.165) is 18.7 Å². The van der Waals surface area contributed by atoms with E-state index in [4.69, 9.17) is 5.11 Å². The maximum Gasteiger partial charge on any atom is 0.234 e. The largest absolute Gasteiger partial charge is 0.396 e. The molecule has 1 amide bonds. The van der Waals surface area contributed by atoms with Gasteiger partial charge < -0.3 is 10.4 Å². The second-order valence-electron chi connectivity index (χ2n) is 4.51. The molecule has 0 unspecified atom stereocenters. The number of hydrogen-bond donors (Lipinski definition) is 2. The lowest BCUT2D eigenvalue weighted by atomic mass is 10.0. The number of aliphatic hydroxyl groups excluding tert-OH is 1. The van der Waals surface area contributed by atoms with E-state index in [1.807, 2.05) is 35.2 Å². The van der Waals surface area contributed by atoms with Crippen LogP contribution in [0.5, 0.6) is 0 Å². The van der Waals surface area contributed by atoms with Crippen molar-refractivity contribution in [2.75, 3.05) is 26.2 Å². The Morgan fingerprint density at radius 2 is 2.06 bits per heavy atom. The molecule has 1 fully saturated rings. The van der Waals surface area contributed by atoms with E-state index in [9.17, 15) is 4.79 Å². The van der Waals surface area contributed by atoms with Crippen molar-refractivity contribution in [1.29, 1.82) is 0 Å². The van der Waals surface area contributed by atoms with Gasteiger partial charge in [0.2, 0.25) is 5.91 Å². The molecular formula is C13H18N2O2. The topological polar surface area (TPSA) is 52.6 Å². The second kappa shape index (κ2) is 5.80. The Labute approximate surface area is 101 Å². The molecule has 4 heteroatoms. The number of amides is 1. The summed E-state index contributed by atoms with van der Waals surface area (Å²) in [5.74, 6) is 0.405. The maximum absolute atomic E-state index is 11.6. The predicted octanol–water partition coefficient (Wildman–Crippen LogP) is 0.227. The zero-order valence-corrected chi connectivity index (χ0v) is 9.80. The molecule has 1 saturated heterocycles. The molecule has 0 bridgehead atoms. The number of nitrogens with one attached hydrogen (secondary N) is 1. The molecule has 17 heavy (non-hydrogen) atoms. The minimum absolute atomic E-state index is 0.0465. The van der Waals surface area contributed by atoms with Gasteiger partial charge in [0.15, 0.2) is 0 Å². The van der Waals surface area contributed by atoms with Crippen LogP contribution in [0.2, 0.25) is 0 Å². The number of aliphatic hydroxyl groups is 1. The highest BCUT2D eigenvalue weighted by Gasteiger charge is 2.26. The molecule has 1 aromatic carbocycles. The summed E-state index contributed by atoms with van der Waals surface area (Å²) in [6.07, 6.45) is 0. The molecule has 0 aromatic heterocycles. The molecule has 0 atom stereocenters. The highest BCUT2D eigenvalue weighted by atomic mass is 16.3. The Balaban J connectivity index is 1.65. The Morgan fingerprint density at radius 3 is 2.71 bits per heavy atom. The van der Waals surface area contributed by atoms with Crippen molar-refractivity contribution in [1.82, 2.24) is 10.2 Å². The van der Waals surface area contributed by atoms with Crippen LogP contribution in [0.1, 0.15) is 5.56 Å². The van der Waals surface area contributed by atoms with Crippen LogP contribution >= 0.6 is 0 Å². The minimum Gasteiger partial charge on any atom is -0.396 e. The lowest BCUT2D eigenvalue weighted by Gasteiger charge is -2.37. The Bertz CT molecular complexity index is 361. The highest BCUT2D eigenvalue weighted by molar-refractivity contribution is 5.78. The molecule has 0 radical (unpaired) electrons. The van der Waals surface area contributed by atoms with Gasteiger partial charge in [0.1, 0.15) is 0 Å². The number of carbonyl (C=O) groups excluding carboxylic acids is 1. The standard InChI is InChI=1S/C13H18N2O2/c16-10-12-7-15(8-12)9-13(17)14-6-11-4-2-1-3-5-11/h1-5,12,16H,6-10H2,(H,14,17).